The molecule has 2 rings (SSSR count). The third-order valence-electron chi connectivity index (χ3n) is 3.55. The molecule has 1 unspecified atom stereocenters. The molecule has 1 amide bonds. The van der Waals surface area contributed by atoms with E-state index in [0.717, 1.165) is 6.08 Å². The Morgan fingerprint density at radius 1 is 1.32 bits per heavy atom. The molecule has 1 N–H and O–H groups in total. The normalized spacial score (nSPS) is 11.5. The molecule has 0 radical (unpaired) electrons. The van der Waals surface area contributed by atoms with Crippen molar-refractivity contribution in [3.63, 3.8) is 0 Å². The van der Waals surface area contributed by atoms with Crippen molar-refractivity contribution >= 4 is 40.9 Å². The molecular weight excluding hydrogens is 386 g/mol. The predicted octanol–water partition coefficient (Wildman–Crippen LogP) is 3.70. The Hall–Kier alpha value is -3.70. The van der Waals surface area contributed by atoms with Gasteiger partial charge in [0, 0.05) is 17.8 Å². The van der Waals surface area contributed by atoms with Gasteiger partial charge in [0.05, 0.1) is 21.1 Å². The minimum Gasteiger partial charge on any atom is -0.449 e. The van der Waals surface area contributed by atoms with Gasteiger partial charge in [0.1, 0.15) is 6.07 Å². The molecule has 0 saturated heterocycles. The lowest BCUT2D eigenvalue weighted by Crippen LogP contribution is -2.29. The van der Waals surface area contributed by atoms with Crippen molar-refractivity contribution in [3.05, 3.63) is 74.8 Å². The summed E-state index contributed by atoms with van der Waals surface area (Å²) in [6, 6.07) is 12.1. The fourth-order valence-electron chi connectivity index (χ4n) is 2.15. The van der Waals surface area contributed by atoms with Gasteiger partial charge in [-0.05, 0) is 37.3 Å². The molecule has 8 nitrogen and oxygen atoms in total. The van der Waals surface area contributed by atoms with Crippen LogP contribution in [-0.4, -0.2) is 22.9 Å². The Balaban J connectivity index is 1.98. The Morgan fingerprint density at radius 3 is 2.68 bits per heavy atom. The summed E-state index contributed by atoms with van der Waals surface area (Å²) in [7, 11) is 0. The van der Waals surface area contributed by atoms with E-state index in [2.05, 4.69) is 5.32 Å². The van der Waals surface area contributed by atoms with Crippen LogP contribution in [0.5, 0.6) is 0 Å². The van der Waals surface area contributed by atoms with Crippen molar-refractivity contribution in [2.45, 2.75) is 13.0 Å². The van der Waals surface area contributed by atoms with Crippen LogP contribution >= 0.6 is 11.6 Å². The Kier molecular flexibility index (Phi) is 6.84. The Morgan fingerprint density at radius 2 is 2.04 bits per heavy atom. The summed E-state index contributed by atoms with van der Waals surface area (Å²) in [6.45, 7) is 1.37. The van der Waals surface area contributed by atoms with Gasteiger partial charge in [-0.25, -0.2) is 4.79 Å². The van der Waals surface area contributed by atoms with E-state index in [1.165, 1.54) is 49.4 Å². The van der Waals surface area contributed by atoms with Crippen LogP contribution in [0.4, 0.5) is 11.4 Å². The lowest BCUT2D eigenvalue weighted by Gasteiger charge is -2.12. The quantitative estimate of drug-likeness (QED) is 0.342. The number of esters is 1. The first-order chi connectivity index (χ1) is 13.3. The Bertz CT molecular complexity index is 997. The first-order valence-electron chi connectivity index (χ1n) is 7.94. The molecule has 2 aromatic carbocycles. The summed E-state index contributed by atoms with van der Waals surface area (Å²) in [5, 5.41) is 22.5. The molecule has 9 heteroatoms. The van der Waals surface area contributed by atoms with Crippen molar-refractivity contribution in [2.24, 2.45) is 0 Å². The lowest BCUT2D eigenvalue weighted by molar-refractivity contribution is -0.385. The number of hydrogen-bond acceptors (Lipinski definition) is 6. The van der Waals surface area contributed by atoms with Crippen LogP contribution < -0.4 is 5.32 Å². The lowest BCUT2D eigenvalue weighted by atomic mass is 10.1. The first kappa shape index (κ1) is 20.6. The summed E-state index contributed by atoms with van der Waals surface area (Å²) < 4.78 is 4.99. The van der Waals surface area contributed by atoms with Crippen molar-refractivity contribution < 1.29 is 19.2 Å². The van der Waals surface area contributed by atoms with Crippen LogP contribution in [0.3, 0.4) is 0 Å². The minimum absolute atomic E-state index is 0.157. The third-order valence-corrected chi connectivity index (χ3v) is 3.86. The summed E-state index contributed by atoms with van der Waals surface area (Å²) in [4.78, 5) is 34.4. The number of amides is 1. The highest BCUT2D eigenvalue weighted by Gasteiger charge is 2.17. The zero-order chi connectivity index (χ0) is 20.7. The van der Waals surface area contributed by atoms with E-state index in [1.54, 1.807) is 6.07 Å². The van der Waals surface area contributed by atoms with Crippen molar-refractivity contribution in [1.82, 2.24) is 0 Å². The molecule has 1 atom stereocenters. The number of carbonyl (C=O) groups excluding carboxylic acids is 2. The van der Waals surface area contributed by atoms with Crippen molar-refractivity contribution in [2.75, 3.05) is 5.32 Å². The molecule has 0 aromatic heterocycles. The van der Waals surface area contributed by atoms with Gasteiger partial charge in [0.15, 0.2) is 6.10 Å². The van der Waals surface area contributed by atoms with Crippen LogP contribution in [0.2, 0.25) is 5.02 Å². The second-order valence-corrected chi connectivity index (χ2v) is 5.93. The summed E-state index contributed by atoms with van der Waals surface area (Å²) >= 11 is 5.90. The number of nitrogens with one attached hydrogen (secondary N) is 1. The maximum Gasteiger partial charge on any atom is 0.331 e. The monoisotopic (exact) mass is 399 g/mol. The number of hydrogen-bond donors (Lipinski definition) is 1. The van der Waals surface area contributed by atoms with E-state index in [4.69, 9.17) is 21.6 Å². The Labute approximate surface area is 165 Å². The molecule has 28 heavy (non-hydrogen) atoms. The molecule has 0 bridgehead atoms. The van der Waals surface area contributed by atoms with Crippen molar-refractivity contribution in [1.29, 1.82) is 5.26 Å². The number of nitro benzene ring substituents is 1. The average Bonchev–Trinajstić information content (AvgIpc) is 2.66. The molecule has 0 fully saturated rings. The van der Waals surface area contributed by atoms with Crippen molar-refractivity contribution in [3.8, 4) is 6.07 Å². The summed E-state index contributed by atoms with van der Waals surface area (Å²) in [5.74, 6) is -1.44. The summed E-state index contributed by atoms with van der Waals surface area (Å²) in [5.41, 5.74) is 0.676. The number of rotatable bonds is 6. The maximum absolute atomic E-state index is 12.1. The highest BCUT2D eigenvalue weighted by molar-refractivity contribution is 6.32. The molecule has 0 aliphatic heterocycles. The molecule has 0 saturated carbocycles. The highest BCUT2D eigenvalue weighted by atomic mass is 35.5. The fourth-order valence-corrected chi connectivity index (χ4v) is 2.37. The number of halogens is 1. The number of nitriles is 1. The summed E-state index contributed by atoms with van der Waals surface area (Å²) in [6.07, 6.45) is 1.12. The molecule has 0 spiro atoms. The zero-order valence-electron chi connectivity index (χ0n) is 14.6. The van der Waals surface area contributed by atoms with Crippen LogP contribution in [-0.2, 0) is 14.3 Å². The van der Waals surface area contributed by atoms with Gasteiger partial charge in [-0.1, -0.05) is 23.7 Å². The zero-order valence-corrected chi connectivity index (χ0v) is 15.3. The second kappa shape index (κ2) is 9.30. The number of carbonyl (C=O) groups is 2. The number of ether oxygens (including phenoxy) is 1. The van der Waals surface area contributed by atoms with E-state index in [-0.39, 0.29) is 21.8 Å². The smallest absolute Gasteiger partial charge is 0.331 e. The van der Waals surface area contributed by atoms with Gasteiger partial charge in [0.2, 0.25) is 0 Å². The fraction of sp³-hybridized carbons (Fsp3) is 0.105. The standard InChI is InChI=1S/C19H14ClN3O5/c1-12(19(25)22-15-8-6-14(11-21)16(20)10-15)28-18(24)9-7-13-4-2-3-5-17(13)23(26)27/h2-10,12H,1H3,(H,22,25)/b9-7+. The molecule has 0 aliphatic carbocycles. The van der Waals surface area contributed by atoms with Gasteiger partial charge < -0.3 is 10.1 Å². The average molecular weight is 400 g/mol. The first-order valence-corrected chi connectivity index (χ1v) is 8.32. The van der Waals surface area contributed by atoms with E-state index in [9.17, 15) is 19.7 Å². The van der Waals surface area contributed by atoms with Crippen LogP contribution in [0.15, 0.2) is 48.5 Å². The second-order valence-electron chi connectivity index (χ2n) is 5.52. The maximum atomic E-state index is 12.1. The van der Waals surface area contributed by atoms with E-state index < -0.39 is 22.9 Å². The van der Waals surface area contributed by atoms with Gasteiger partial charge in [0.25, 0.3) is 11.6 Å². The van der Waals surface area contributed by atoms with Gasteiger partial charge in [-0.2, -0.15) is 5.26 Å². The van der Waals surface area contributed by atoms with Gasteiger partial charge in [-0.3, -0.25) is 14.9 Å². The molecule has 0 aliphatic rings. The number of anilines is 1. The molecule has 0 heterocycles. The van der Waals surface area contributed by atoms with Crippen LogP contribution in [0.1, 0.15) is 18.1 Å². The minimum atomic E-state index is -1.13. The molecular formula is C19H14ClN3O5. The van der Waals surface area contributed by atoms with E-state index in [0.29, 0.717) is 5.69 Å². The third kappa shape index (κ3) is 5.40. The number of benzene rings is 2. The molecule has 2 aromatic rings. The van der Waals surface area contributed by atoms with E-state index in [1.807, 2.05) is 6.07 Å². The van der Waals surface area contributed by atoms with E-state index >= 15 is 0 Å². The topological polar surface area (TPSA) is 122 Å². The number of nitro groups is 1. The number of nitrogens with zero attached hydrogens (tertiary/aromatic N) is 2. The number of para-hydroxylation sites is 1. The van der Waals surface area contributed by atoms with Gasteiger partial charge >= 0.3 is 5.97 Å². The van der Waals surface area contributed by atoms with Crippen LogP contribution in [0, 0.1) is 21.4 Å². The largest absolute Gasteiger partial charge is 0.449 e. The van der Waals surface area contributed by atoms with Crippen LogP contribution in [0.25, 0.3) is 6.08 Å². The SMILES string of the molecule is CC(OC(=O)/C=C/c1ccccc1[N+](=O)[O-])C(=O)Nc1ccc(C#N)c(Cl)c1. The molecule has 142 valence electrons. The highest BCUT2D eigenvalue weighted by Crippen LogP contribution is 2.21. The predicted molar refractivity (Wildman–Crippen MR) is 102 cm³/mol. The van der Waals surface area contributed by atoms with Gasteiger partial charge in [-0.15, -0.1) is 0 Å².